The molecule has 0 aliphatic rings. The molecule has 0 spiro atoms. The van der Waals surface area contributed by atoms with Crippen LogP contribution in [0.25, 0.3) is 0 Å². The highest BCUT2D eigenvalue weighted by atomic mass is 32.2. The van der Waals surface area contributed by atoms with Gasteiger partial charge < -0.3 is 9.80 Å². The molecule has 0 aromatic rings. The molecule has 3 heteroatoms. The van der Waals surface area contributed by atoms with Gasteiger partial charge in [-0.2, -0.15) is 11.8 Å². The SMILES string of the molecule is CSC(C)CN(C)CCN(C)C. The van der Waals surface area contributed by atoms with Gasteiger partial charge in [0.15, 0.2) is 0 Å². The number of hydrogen-bond donors (Lipinski definition) is 0. The highest BCUT2D eigenvalue weighted by Crippen LogP contribution is 2.05. The highest BCUT2D eigenvalue weighted by molar-refractivity contribution is 7.99. The standard InChI is InChI=1S/C9H22N2S/c1-9(12-5)8-11(4)7-6-10(2)3/h9H,6-8H2,1-5H3. The lowest BCUT2D eigenvalue weighted by molar-refractivity contribution is 0.285. The van der Waals surface area contributed by atoms with E-state index in [4.69, 9.17) is 0 Å². The van der Waals surface area contributed by atoms with Crippen LogP contribution in [0, 0.1) is 0 Å². The summed E-state index contributed by atoms with van der Waals surface area (Å²) >= 11 is 1.93. The predicted molar refractivity (Wildman–Crippen MR) is 59.0 cm³/mol. The molecule has 0 aliphatic carbocycles. The molecule has 1 unspecified atom stereocenters. The van der Waals surface area contributed by atoms with Gasteiger partial charge in [0.2, 0.25) is 0 Å². The van der Waals surface area contributed by atoms with Crippen molar-refractivity contribution in [3.63, 3.8) is 0 Å². The van der Waals surface area contributed by atoms with Crippen LogP contribution < -0.4 is 0 Å². The topological polar surface area (TPSA) is 6.48 Å². The maximum absolute atomic E-state index is 2.39. The molecule has 0 heterocycles. The zero-order valence-electron chi connectivity index (χ0n) is 9.00. The van der Waals surface area contributed by atoms with Crippen molar-refractivity contribution in [3.05, 3.63) is 0 Å². The van der Waals surface area contributed by atoms with Crippen LogP contribution in [0.5, 0.6) is 0 Å². The minimum absolute atomic E-state index is 0.747. The molecule has 1 atom stereocenters. The summed E-state index contributed by atoms with van der Waals surface area (Å²) in [6, 6.07) is 0. The molecule has 0 fully saturated rings. The largest absolute Gasteiger partial charge is 0.308 e. The molecular formula is C9H22N2S. The average molecular weight is 190 g/mol. The third-order valence-corrected chi connectivity index (χ3v) is 2.85. The van der Waals surface area contributed by atoms with Gasteiger partial charge in [-0.15, -0.1) is 0 Å². The first-order valence-corrected chi connectivity index (χ1v) is 5.71. The molecule has 0 amide bonds. The third-order valence-electron chi connectivity index (χ3n) is 1.90. The van der Waals surface area contributed by atoms with Gasteiger partial charge in [0.05, 0.1) is 0 Å². The van der Waals surface area contributed by atoms with E-state index in [-0.39, 0.29) is 0 Å². The van der Waals surface area contributed by atoms with Crippen molar-refractivity contribution in [2.24, 2.45) is 0 Å². The van der Waals surface area contributed by atoms with Crippen molar-refractivity contribution < 1.29 is 0 Å². The Bertz CT molecular complexity index is 107. The molecule has 74 valence electrons. The van der Waals surface area contributed by atoms with Crippen LogP contribution >= 0.6 is 11.8 Å². The maximum Gasteiger partial charge on any atom is 0.0143 e. The summed E-state index contributed by atoms with van der Waals surface area (Å²) in [5.41, 5.74) is 0. The first-order valence-electron chi connectivity index (χ1n) is 4.42. The molecule has 2 nitrogen and oxygen atoms in total. The fraction of sp³-hybridized carbons (Fsp3) is 1.00. The van der Waals surface area contributed by atoms with E-state index in [0.717, 1.165) is 18.3 Å². The lowest BCUT2D eigenvalue weighted by atomic mass is 10.4. The van der Waals surface area contributed by atoms with Crippen molar-refractivity contribution in [1.82, 2.24) is 9.80 Å². The van der Waals surface area contributed by atoms with Crippen molar-refractivity contribution >= 4 is 11.8 Å². The lowest BCUT2D eigenvalue weighted by Gasteiger charge is -2.21. The monoisotopic (exact) mass is 190 g/mol. The van der Waals surface area contributed by atoms with Crippen LogP contribution in [0.1, 0.15) is 6.92 Å². The molecule has 12 heavy (non-hydrogen) atoms. The number of nitrogens with zero attached hydrogens (tertiary/aromatic N) is 2. The van der Waals surface area contributed by atoms with Gasteiger partial charge in [0.25, 0.3) is 0 Å². The Balaban J connectivity index is 3.39. The lowest BCUT2D eigenvalue weighted by Crippen LogP contribution is -2.32. The summed E-state index contributed by atoms with van der Waals surface area (Å²) in [4.78, 5) is 4.61. The Hall–Kier alpha value is 0.270. The van der Waals surface area contributed by atoms with Crippen LogP contribution in [-0.2, 0) is 0 Å². The fourth-order valence-electron chi connectivity index (χ4n) is 0.975. The molecule has 0 N–H and O–H groups in total. The second-order valence-corrected chi connectivity index (χ2v) is 4.89. The Morgan fingerprint density at radius 2 is 1.75 bits per heavy atom. The van der Waals surface area contributed by atoms with Gasteiger partial charge in [-0.3, -0.25) is 0 Å². The van der Waals surface area contributed by atoms with Crippen LogP contribution in [-0.4, -0.2) is 62.1 Å². The first kappa shape index (κ1) is 12.3. The van der Waals surface area contributed by atoms with Crippen molar-refractivity contribution in [2.45, 2.75) is 12.2 Å². The minimum Gasteiger partial charge on any atom is -0.308 e. The molecule has 0 saturated heterocycles. The summed E-state index contributed by atoms with van der Waals surface area (Å²) in [6.45, 7) is 5.78. The van der Waals surface area contributed by atoms with Gasteiger partial charge in [-0.1, -0.05) is 6.92 Å². The van der Waals surface area contributed by atoms with E-state index in [1.165, 1.54) is 6.54 Å². The summed E-state index contributed by atoms with van der Waals surface area (Å²) in [5.74, 6) is 0. The molecule has 0 bridgehead atoms. The van der Waals surface area contributed by atoms with Crippen LogP contribution in [0.15, 0.2) is 0 Å². The van der Waals surface area contributed by atoms with Crippen LogP contribution in [0.2, 0.25) is 0 Å². The van der Waals surface area contributed by atoms with E-state index in [0.29, 0.717) is 0 Å². The van der Waals surface area contributed by atoms with Crippen molar-refractivity contribution in [2.75, 3.05) is 47.0 Å². The normalized spacial score (nSPS) is 14.2. The number of hydrogen-bond acceptors (Lipinski definition) is 3. The molecular weight excluding hydrogens is 168 g/mol. The van der Waals surface area contributed by atoms with E-state index in [1.54, 1.807) is 0 Å². The summed E-state index contributed by atoms with van der Waals surface area (Å²) in [7, 11) is 6.42. The Labute approximate surface area is 81.3 Å². The van der Waals surface area contributed by atoms with Gasteiger partial charge in [-0.25, -0.2) is 0 Å². The summed E-state index contributed by atoms with van der Waals surface area (Å²) < 4.78 is 0. The van der Waals surface area contributed by atoms with Gasteiger partial charge >= 0.3 is 0 Å². The molecule has 0 radical (unpaired) electrons. The van der Waals surface area contributed by atoms with E-state index in [9.17, 15) is 0 Å². The molecule has 0 aromatic heterocycles. The van der Waals surface area contributed by atoms with E-state index >= 15 is 0 Å². The Morgan fingerprint density at radius 1 is 1.17 bits per heavy atom. The van der Waals surface area contributed by atoms with Crippen molar-refractivity contribution in [3.8, 4) is 0 Å². The maximum atomic E-state index is 2.39. The van der Waals surface area contributed by atoms with Crippen LogP contribution in [0.3, 0.4) is 0 Å². The predicted octanol–water partition coefficient (Wildman–Crippen LogP) is 1.23. The molecule has 0 rings (SSSR count). The average Bonchev–Trinajstić information content (AvgIpc) is 2.00. The summed E-state index contributed by atoms with van der Waals surface area (Å²) in [6.07, 6.45) is 2.17. The molecule has 0 aliphatic heterocycles. The third kappa shape index (κ3) is 6.95. The molecule has 0 aromatic carbocycles. The number of likely N-dealkylation sites (N-methyl/N-ethyl adjacent to an activating group) is 2. The smallest absolute Gasteiger partial charge is 0.0143 e. The van der Waals surface area contributed by atoms with Crippen molar-refractivity contribution in [1.29, 1.82) is 0 Å². The second-order valence-electron chi connectivity index (χ2n) is 3.61. The first-order chi connectivity index (χ1) is 5.56. The Morgan fingerprint density at radius 3 is 2.17 bits per heavy atom. The van der Waals surface area contributed by atoms with Gasteiger partial charge in [0.1, 0.15) is 0 Å². The van der Waals surface area contributed by atoms with E-state index < -0.39 is 0 Å². The zero-order valence-corrected chi connectivity index (χ0v) is 9.82. The molecule has 0 saturated carbocycles. The van der Waals surface area contributed by atoms with E-state index in [2.05, 4.69) is 44.1 Å². The quantitative estimate of drug-likeness (QED) is 0.622. The van der Waals surface area contributed by atoms with Crippen LogP contribution in [0.4, 0.5) is 0 Å². The Kier molecular flexibility index (Phi) is 6.90. The zero-order chi connectivity index (χ0) is 9.56. The number of thioether (sulfide) groups is 1. The number of rotatable bonds is 6. The highest BCUT2D eigenvalue weighted by Gasteiger charge is 2.04. The fourth-order valence-corrected chi connectivity index (χ4v) is 1.38. The minimum atomic E-state index is 0.747. The summed E-state index contributed by atoms with van der Waals surface area (Å²) in [5, 5.41) is 0.747. The van der Waals surface area contributed by atoms with E-state index in [1.807, 2.05) is 11.8 Å². The second kappa shape index (κ2) is 6.75. The van der Waals surface area contributed by atoms with Gasteiger partial charge in [-0.05, 0) is 27.4 Å². The van der Waals surface area contributed by atoms with Gasteiger partial charge in [0, 0.05) is 24.9 Å².